The second-order valence-corrected chi connectivity index (χ2v) is 8.54. The predicted octanol–water partition coefficient (Wildman–Crippen LogP) is 1.94. The molecule has 0 spiro atoms. The van der Waals surface area contributed by atoms with Crippen molar-refractivity contribution in [2.75, 3.05) is 19.9 Å². The van der Waals surface area contributed by atoms with Gasteiger partial charge in [0.1, 0.15) is 6.04 Å². The standard InChI is InChI=1S/C21H23NO6S/c1-27-21(24)18-13-17(28-29(2,25)26)14-22(18)20(23)19(15-9-5-3-6-10-15)16-11-7-4-8-12-16/h3-12,17-19H,13-14H2,1-2H3/t17-,18+/m1/s1. The summed E-state index contributed by atoms with van der Waals surface area (Å²) in [5.74, 6) is -1.54. The van der Waals surface area contributed by atoms with Crippen molar-refractivity contribution >= 4 is 22.0 Å². The average Bonchev–Trinajstić information content (AvgIpc) is 3.11. The minimum Gasteiger partial charge on any atom is -0.467 e. The number of carbonyl (C=O) groups excluding carboxylic acids is 2. The summed E-state index contributed by atoms with van der Waals surface area (Å²) in [7, 11) is -2.49. The van der Waals surface area contributed by atoms with Gasteiger partial charge in [-0.25, -0.2) is 4.79 Å². The van der Waals surface area contributed by atoms with Crippen LogP contribution in [0.5, 0.6) is 0 Å². The van der Waals surface area contributed by atoms with E-state index in [0.717, 1.165) is 17.4 Å². The number of rotatable bonds is 6. The molecule has 0 saturated carbocycles. The van der Waals surface area contributed by atoms with Gasteiger partial charge in [-0.2, -0.15) is 8.42 Å². The fraction of sp³-hybridized carbons (Fsp3) is 0.333. The van der Waals surface area contributed by atoms with E-state index < -0.39 is 34.2 Å². The van der Waals surface area contributed by atoms with Crippen LogP contribution >= 0.6 is 0 Å². The molecule has 0 radical (unpaired) electrons. The molecule has 0 bridgehead atoms. The lowest BCUT2D eigenvalue weighted by molar-refractivity contribution is -0.151. The molecule has 3 rings (SSSR count). The molecule has 0 aromatic heterocycles. The van der Waals surface area contributed by atoms with Crippen LogP contribution in [-0.4, -0.2) is 57.3 Å². The van der Waals surface area contributed by atoms with Gasteiger partial charge in [0.2, 0.25) is 5.91 Å². The summed E-state index contributed by atoms with van der Waals surface area (Å²) < 4.78 is 33.0. The topological polar surface area (TPSA) is 90.0 Å². The first kappa shape index (κ1) is 21.0. The molecule has 2 aromatic carbocycles. The molecular formula is C21H23NO6S. The SMILES string of the molecule is COC(=O)[C@@H]1C[C@@H](OS(C)(=O)=O)CN1C(=O)C(c1ccccc1)c1ccccc1. The van der Waals surface area contributed by atoms with Crippen LogP contribution in [0, 0.1) is 0 Å². The number of likely N-dealkylation sites (tertiary alicyclic amines) is 1. The third-order valence-electron chi connectivity index (χ3n) is 4.84. The lowest BCUT2D eigenvalue weighted by atomic mass is 9.90. The van der Waals surface area contributed by atoms with Gasteiger partial charge in [-0.05, 0) is 11.1 Å². The molecule has 1 amide bonds. The monoisotopic (exact) mass is 417 g/mol. The molecule has 1 saturated heterocycles. The van der Waals surface area contributed by atoms with Crippen molar-refractivity contribution in [3.05, 3.63) is 71.8 Å². The van der Waals surface area contributed by atoms with Crippen molar-refractivity contribution in [3.63, 3.8) is 0 Å². The number of carbonyl (C=O) groups is 2. The summed E-state index contributed by atoms with van der Waals surface area (Å²) in [6.07, 6.45) is 0.202. The van der Waals surface area contributed by atoms with Gasteiger partial charge in [0.25, 0.3) is 10.1 Å². The first-order valence-electron chi connectivity index (χ1n) is 9.16. The highest BCUT2D eigenvalue weighted by Crippen LogP contribution is 2.31. The van der Waals surface area contributed by atoms with E-state index in [9.17, 15) is 18.0 Å². The molecule has 29 heavy (non-hydrogen) atoms. The second-order valence-electron chi connectivity index (χ2n) is 6.94. The number of hydrogen-bond acceptors (Lipinski definition) is 6. The lowest BCUT2D eigenvalue weighted by Gasteiger charge is -2.28. The zero-order chi connectivity index (χ0) is 21.0. The maximum absolute atomic E-state index is 13.6. The van der Waals surface area contributed by atoms with Crippen LogP contribution in [0.2, 0.25) is 0 Å². The van der Waals surface area contributed by atoms with Crippen molar-refractivity contribution in [1.29, 1.82) is 0 Å². The number of nitrogens with zero attached hydrogens (tertiary/aromatic N) is 1. The first-order valence-corrected chi connectivity index (χ1v) is 11.0. The van der Waals surface area contributed by atoms with Gasteiger partial charge in [-0.3, -0.25) is 8.98 Å². The quantitative estimate of drug-likeness (QED) is 0.527. The normalized spacial score (nSPS) is 19.3. The predicted molar refractivity (Wildman–Crippen MR) is 107 cm³/mol. The molecule has 1 aliphatic heterocycles. The van der Waals surface area contributed by atoms with E-state index in [1.807, 2.05) is 60.7 Å². The number of ether oxygens (including phenoxy) is 1. The minimum absolute atomic E-state index is 0.0121. The van der Waals surface area contributed by atoms with Crippen molar-refractivity contribution in [1.82, 2.24) is 4.90 Å². The Bertz CT molecular complexity index is 922. The Kier molecular flexibility index (Phi) is 6.34. The Hall–Kier alpha value is -2.71. The zero-order valence-corrected chi connectivity index (χ0v) is 17.0. The molecule has 1 aliphatic rings. The lowest BCUT2D eigenvalue weighted by Crippen LogP contribution is -2.43. The number of methoxy groups -OCH3 is 1. The molecule has 1 fully saturated rings. The summed E-state index contributed by atoms with van der Waals surface area (Å²) >= 11 is 0. The second kappa shape index (κ2) is 8.75. The van der Waals surface area contributed by atoms with Gasteiger partial charge in [-0.1, -0.05) is 60.7 Å². The van der Waals surface area contributed by atoms with E-state index in [1.54, 1.807) is 0 Å². The van der Waals surface area contributed by atoms with Crippen LogP contribution in [0.1, 0.15) is 23.5 Å². The van der Waals surface area contributed by atoms with E-state index in [1.165, 1.54) is 12.0 Å². The van der Waals surface area contributed by atoms with E-state index in [4.69, 9.17) is 8.92 Å². The van der Waals surface area contributed by atoms with Crippen LogP contribution in [0.4, 0.5) is 0 Å². The summed E-state index contributed by atoms with van der Waals surface area (Å²) in [4.78, 5) is 27.3. The first-order chi connectivity index (χ1) is 13.8. The Morgan fingerprint density at radius 2 is 1.52 bits per heavy atom. The molecule has 154 valence electrons. The van der Waals surface area contributed by atoms with Crippen molar-refractivity contribution in [3.8, 4) is 0 Å². The molecule has 1 heterocycles. The van der Waals surface area contributed by atoms with Gasteiger partial charge in [0.15, 0.2) is 0 Å². The average molecular weight is 417 g/mol. The maximum atomic E-state index is 13.6. The fourth-order valence-electron chi connectivity index (χ4n) is 3.65. The Morgan fingerprint density at radius 1 is 1.00 bits per heavy atom. The van der Waals surface area contributed by atoms with Crippen molar-refractivity contribution in [2.24, 2.45) is 0 Å². The van der Waals surface area contributed by atoms with Crippen LogP contribution in [0.3, 0.4) is 0 Å². The van der Waals surface area contributed by atoms with Gasteiger partial charge >= 0.3 is 5.97 Å². The third-order valence-corrected chi connectivity index (χ3v) is 5.46. The van der Waals surface area contributed by atoms with E-state index in [-0.39, 0.29) is 18.9 Å². The molecule has 2 aromatic rings. The molecule has 0 N–H and O–H groups in total. The largest absolute Gasteiger partial charge is 0.467 e. The Morgan fingerprint density at radius 3 is 1.97 bits per heavy atom. The van der Waals surface area contributed by atoms with Crippen LogP contribution in [0.15, 0.2) is 60.7 Å². The minimum atomic E-state index is -3.73. The molecule has 0 unspecified atom stereocenters. The van der Waals surface area contributed by atoms with E-state index in [2.05, 4.69) is 0 Å². The summed E-state index contributed by atoms with van der Waals surface area (Å²) in [5, 5.41) is 0. The van der Waals surface area contributed by atoms with Gasteiger partial charge < -0.3 is 9.64 Å². The van der Waals surface area contributed by atoms with Crippen LogP contribution in [0.25, 0.3) is 0 Å². The molecule has 0 aliphatic carbocycles. The highest BCUT2D eigenvalue weighted by molar-refractivity contribution is 7.86. The summed E-state index contributed by atoms with van der Waals surface area (Å²) in [5.41, 5.74) is 1.56. The van der Waals surface area contributed by atoms with Crippen molar-refractivity contribution in [2.45, 2.75) is 24.5 Å². The third kappa shape index (κ3) is 5.02. The molecule has 7 nitrogen and oxygen atoms in total. The van der Waals surface area contributed by atoms with Gasteiger partial charge in [-0.15, -0.1) is 0 Å². The molecule has 8 heteroatoms. The summed E-state index contributed by atoms with van der Waals surface area (Å²) in [6, 6.07) is 17.6. The highest BCUT2D eigenvalue weighted by atomic mass is 32.2. The van der Waals surface area contributed by atoms with E-state index in [0.29, 0.717) is 0 Å². The van der Waals surface area contributed by atoms with Gasteiger partial charge in [0.05, 0.1) is 25.4 Å². The van der Waals surface area contributed by atoms with Crippen molar-refractivity contribution < 1.29 is 26.9 Å². The van der Waals surface area contributed by atoms with Crippen LogP contribution < -0.4 is 0 Å². The molecular weight excluding hydrogens is 394 g/mol. The Labute approximate surface area is 170 Å². The van der Waals surface area contributed by atoms with E-state index >= 15 is 0 Å². The number of benzene rings is 2. The number of amides is 1. The number of hydrogen-bond donors (Lipinski definition) is 0. The van der Waals surface area contributed by atoms with Gasteiger partial charge in [0, 0.05) is 13.0 Å². The Balaban J connectivity index is 1.97. The smallest absolute Gasteiger partial charge is 0.328 e. The highest BCUT2D eigenvalue weighted by Gasteiger charge is 2.44. The maximum Gasteiger partial charge on any atom is 0.328 e. The van der Waals surface area contributed by atoms with Crippen LogP contribution in [-0.2, 0) is 28.6 Å². The molecule has 2 atom stereocenters. The zero-order valence-electron chi connectivity index (χ0n) is 16.2. The number of esters is 1. The fourth-order valence-corrected chi connectivity index (χ4v) is 4.29. The summed E-state index contributed by atoms with van der Waals surface area (Å²) in [6.45, 7) is -0.0121.